The molecule has 3 aromatic carbocycles. The zero-order valence-corrected chi connectivity index (χ0v) is 32.2. The van der Waals surface area contributed by atoms with E-state index in [1.54, 1.807) is 23.6 Å². The number of anilines is 1. The Hall–Kier alpha value is -4.44. The van der Waals surface area contributed by atoms with Gasteiger partial charge in [0.25, 0.3) is 5.91 Å². The van der Waals surface area contributed by atoms with Crippen LogP contribution in [0.2, 0.25) is 0 Å². The van der Waals surface area contributed by atoms with Gasteiger partial charge in [0, 0.05) is 54.1 Å². The second-order valence-electron chi connectivity index (χ2n) is 15.0. The molecular formula is C44H56F2N3O5+. The predicted molar refractivity (Wildman–Crippen MR) is 210 cm³/mol. The number of nitrogens with zero attached hydrogens (tertiary/aromatic N) is 3. The van der Waals surface area contributed by atoms with Crippen LogP contribution in [0.3, 0.4) is 0 Å². The van der Waals surface area contributed by atoms with Crippen LogP contribution in [0.25, 0.3) is 16.6 Å². The summed E-state index contributed by atoms with van der Waals surface area (Å²) in [5, 5.41) is 0.301. The molecule has 0 radical (unpaired) electrons. The monoisotopic (exact) mass is 744 g/mol. The van der Waals surface area contributed by atoms with Gasteiger partial charge in [-0.1, -0.05) is 26.7 Å². The normalized spacial score (nSPS) is 17.8. The summed E-state index contributed by atoms with van der Waals surface area (Å²) >= 11 is 0. The zero-order chi connectivity index (χ0) is 38.1. The number of fused-ring (bicyclic) bond motifs is 4. The van der Waals surface area contributed by atoms with Gasteiger partial charge in [-0.15, -0.1) is 0 Å². The molecule has 1 amide bonds. The van der Waals surface area contributed by atoms with Crippen molar-refractivity contribution in [1.82, 2.24) is 4.57 Å². The summed E-state index contributed by atoms with van der Waals surface area (Å²) in [7, 11) is 0. The van der Waals surface area contributed by atoms with Crippen molar-refractivity contribution in [3.63, 3.8) is 0 Å². The van der Waals surface area contributed by atoms with E-state index in [2.05, 4.69) is 0 Å². The van der Waals surface area contributed by atoms with Crippen molar-refractivity contribution in [2.45, 2.75) is 85.0 Å². The molecule has 4 heterocycles. The fourth-order valence-corrected chi connectivity index (χ4v) is 8.09. The Bertz CT molecular complexity index is 1890. The summed E-state index contributed by atoms with van der Waals surface area (Å²) in [5.74, 6) is 0.478. The summed E-state index contributed by atoms with van der Waals surface area (Å²) in [4.78, 5) is 29.4. The Morgan fingerprint density at radius 3 is 2.00 bits per heavy atom. The molecule has 2 bridgehead atoms. The molecule has 0 N–H and O–H groups in total. The maximum absolute atomic E-state index is 14.2. The molecule has 3 aliphatic heterocycles. The molecule has 54 heavy (non-hydrogen) atoms. The van der Waals surface area contributed by atoms with E-state index < -0.39 is 23.0 Å². The van der Waals surface area contributed by atoms with Crippen LogP contribution >= 0.6 is 0 Å². The van der Waals surface area contributed by atoms with Crippen LogP contribution < -0.4 is 24.5 Å². The lowest BCUT2D eigenvalue weighted by Gasteiger charge is -2.49. The molecule has 3 fully saturated rings. The molecule has 3 saturated heterocycles. The smallest absolute Gasteiger partial charge is 0.263 e. The number of amides is 1. The van der Waals surface area contributed by atoms with Gasteiger partial charge in [-0.25, -0.2) is 8.78 Å². The second-order valence-corrected chi connectivity index (χ2v) is 15.0. The zero-order valence-electron chi connectivity index (χ0n) is 32.2. The Kier molecular flexibility index (Phi) is 13.3. The molecule has 8 nitrogen and oxygen atoms in total. The van der Waals surface area contributed by atoms with Gasteiger partial charge in [-0.05, 0) is 88.5 Å². The largest absolute Gasteiger partial charge is 0.494 e. The molecule has 4 aromatic rings. The molecule has 0 spiro atoms. The summed E-state index contributed by atoms with van der Waals surface area (Å²) in [6, 6.07) is 13.7. The van der Waals surface area contributed by atoms with E-state index in [9.17, 15) is 18.4 Å². The SMILES string of the molecule is CCCOc1cc(OCCC)cc(-n2cc(C(=O)N(CC)c3cc(F)cc(F)c3)c(=O)c3ccc(OCCCCCCC[N+]45CCC(CC4)CC5)cc32)c1. The lowest BCUT2D eigenvalue weighted by molar-refractivity contribution is -0.942. The van der Waals surface area contributed by atoms with Crippen molar-refractivity contribution in [2.75, 3.05) is 57.4 Å². The third kappa shape index (κ3) is 9.43. The number of aromatic nitrogens is 1. The Balaban J connectivity index is 1.25. The minimum absolute atomic E-state index is 0.0232. The van der Waals surface area contributed by atoms with E-state index in [-0.39, 0.29) is 17.8 Å². The maximum Gasteiger partial charge on any atom is 0.263 e. The molecule has 10 heteroatoms. The first kappa shape index (κ1) is 39.3. The summed E-state index contributed by atoms with van der Waals surface area (Å²) in [6.07, 6.45) is 13.1. The van der Waals surface area contributed by atoms with Crippen molar-refractivity contribution in [3.05, 3.63) is 88.2 Å². The summed E-state index contributed by atoms with van der Waals surface area (Å²) in [5.41, 5.74) is 0.541. The molecule has 0 atom stereocenters. The fraction of sp³-hybridized carbons (Fsp3) is 0.500. The molecule has 0 saturated carbocycles. The van der Waals surface area contributed by atoms with E-state index in [0.717, 1.165) is 49.8 Å². The van der Waals surface area contributed by atoms with Crippen molar-refractivity contribution in [1.29, 1.82) is 0 Å². The van der Waals surface area contributed by atoms with E-state index in [0.29, 0.717) is 53.7 Å². The molecule has 0 unspecified atom stereocenters. The van der Waals surface area contributed by atoms with Crippen LogP contribution in [0, 0.1) is 17.6 Å². The van der Waals surface area contributed by atoms with Gasteiger partial charge in [-0.3, -0.25) is 9.59 Å². The highest BCUT2D eigenvalue weighted by atomic mass is 19.1. The van der Waals surface area contributed by atoms with Gasteiger partial charge in [0.1, 0.15) is 34.4 Å². The Morgan fingerprint density at radius 1 is 0.759 bits per heavy atom. The van der Waals surface area contributed by atoms with Gasteiger partial charge >= 0.3 is 0 Å². The number of hydrogen-bond donors (Lipinski definition) is 0. The number of ether oxygens (including phenoxy) is 3. The minimum atomic E-state index is -0.816. The minimum Gasteiger partial charge on any atom is -0.494 e. The maximum atomic E-state index is 14.2. The van der Waals surface area contributed by atoms with Gasteiger partial charge in [0.2, 0.25) is 5.43 Å². The number of unbranched alkanes of at least 4 members (excludes halogenated alkanes) is 4. The van der Waals surface area contributed by atoms with Crippen molar-refractivity contribution >= 4 is 22.5 Å². The lowest BCUT2D eigenvalue weighted by atomic mass is 9.85. The first-order chi connectivity index (χ1) is 26.2. The standard InChI is InChI=1S/C44H56F2N3O5/c1-4-21-52-38-27-36(28-39(29-38)53-22-5-2)48-31-41(44(51)47(6-3)35-25-33(45)24-34(46)26-35)43(50)40-13-12-37(30-42(40)48)54-23-11-9-7-8-10-17-49-18-14-32(15-19-49)16-20-49/h12-13,24-32H,4-11,14-23H2,1-3H3/q+1. The topological polar surface area (TPSA) is 70.0 Å². The van der Waals surface area contributed by atoms with E-state index in [1.165, 1.54) is 80.3 Å². The molecule has 290 valence electrons. The third-order valence-electron chi connectivity index (χ3n) is 11.1. The molecule has 7 rings (SSSR count). The number of benzene rings is 3. The van der Waals surface area contributed by atoms with Gasteiger partial charge < -0.3 is 28.2 Å². The van der Waals surface area contributed by atoms with E-state index >= 15 is 0 Å². The number of halogens is 2. The van der Waals surface area contributed by atoms with Crippen LogP contribution in [0.4, 0.5) is 14.5 Å². The molecule has 1 aromatic heterocycles. The highest BCUT2D eigenvalue weighted by Crippen LogP contribution is 2.34. The van der Waals surface area contributed by atoms with Gasteiger partial charge in [0.15, 0.2) is 0 Å². The number of quaternary nitrogens is 1. The number of carbonyl (C=O) groups is 1. The van der Waals surface area contributed by atoms with Crippen LogP contribution in [-0.4, -0.2) is 67.5 Å². The van der Waals surface area contributed by atoms with Crippen molar-refractivity contribution in [3.8, 4) is 22.9 Å². The second kappa shape index (κ2) is 18.3. The quantitative estimate of drug-likeness (QED) is 0.0707. The van der Waals surface area contributed by atoms with E-state index in [4.69, 9.17) is 14.2 Å². The number of rotatable bonds is 19. The fourth-order valence-electron chi connectivity index (χ4n) is 8.09. The highest BCUT2D eigenvalue weighted by Gasteiger charge is 2.38. The summed E-state index contributed by atoms with van der Waals surface area (Å²) in [6.45, 7) is 12.9. The average Bonchev–Trinajstić information content (AvgIpc) is 3.18. The molecular weight excluding hydrogens is 688 g/mol. The average molecular weight is 745 g/mol. The molecule has 3 aliphatic rings. The number of piperidine rings is 3. The van der Waals surface area contributed by atoms with Crippen LogP contribution in [-0.2, 0) is 0 Å². The Morgan fingerprint density at radius 2 is 1.37 bits per heavy atom. The summed E-state index contributed by atoms with van der Waals surface area (Å²) < 4.78 is 49.9. The number of carbonyl (C=O) groups excluding carboxylic acids is 1. The van der Waals surface area contributed by atoms with E-state index in [1.807, 2.05) is 38.1 Å². The Labute approximate surface area is 318 Å². The van der Waals surface area contributed by atoms with Gasteiger partial charge in [0.05, 0.1) is 57.2 Å². The van der Waals surface area contributed by atoms with Gasteiger partial charge in [-0.2, -0.15) is 0 Å². The third-order valence-corrected chi connectivity index (χ3v) is 11.1. The van der Waals surface area contributed by atoms with Crippen LogP contribution in [0.5, 0.6) is 17.2 Å². The highest BCUT2D eigenvalue weighted by molar-refractivity contribution is 6.07. The van der Waals surface area contributed by atoms with Crippen LogP contribution in [0.15, 0.2) is 65.6 Å². The number of pyridine rings is 1. The first-order valence-electron chi connectivity index (χ1n) is 20.1. The van der Waals surface area contributed by atoms with Crippen molar-refractivity contribution < 1.29 is 32.3 Å². The number of hydrogen-bond acceptors (Lipinski definition) is 5. The first-order valence-corrected chi connectivity index (χ1v) is 20.1. The van der Waals surface area contributed by atoms with Crippen molar-refractivity contribution in [2.24, 2.45) is 5.92 Å². The van der Waals surface area contributed by atoms with Crippen LogP contribution in [0.1, 0.15) is 95.3 Å². The lowest BCUT2D eigenvalue weighted by Crippen LogP contribution is -2.58. The predicted octanol–water partition coefficient (Wildman–Crippen LogP) is 9.47. The molecule has 0 aliphatic carbocycles.